The second kappa shape index (κ2) is 7.39. The predicted molar refractivity (Wildman–Crippen MR) is 104 cm³/mol. The number of anilines is 1. The van der Waals surface area contributed by atoms with Crippen molar-refractivity contribution in [1.29, 1.82) is 0 Å². The van der Waals surface area contributed by atoms with Crippen LogP contribution in [0.15, 0.2) is 40.8 Å². The first-order valence-electron chi connectivity index (χ1n) is 7.43. The average molecular weight is 394 g/mol. The largest absolute Gasteiger partial charge is 0.436 e. The number of hydrogen-bond donors (Lipinski definition) is 2. The fourth-order valence-corrected chi connectivity index (χ4v) is 2.76. The number of thiocarbonyl (C=S) groups is 1. The summed E-state index contributed by atoms with van der Waals surface area (Å²) >= 11 is 17.4. The maximum atomic E-state index is 11.4. The van der Waals surface area contributed by atoms with Crippen molar-refractivity contribution in [2.75, 3.05) is 5.32 Å². The minimum Gasteiger partial charge on any atom is -0.436 e. The van der Waals surface area contributed by atoms with Gasteiger partial charge >= 0.3 is 0 Å². The summed E-state index contributed by atoms with van der Waals surface area (Å²) in [6.07, 6.45) is 0.346. The van der Waals surface area contributed by atoms with E-state index in [0.29, 0.717) is 44.7 Å². The summed E-state index contributed by atoms with van der Waals surface area (Å²) in [5.74, 6) is 0.206. The van der Waals surface area contributed by atoms with E-state index in [2.05, 4.69) is 15.6 Å². The van der Waals surface area contributed by atoms with E-state index in [1.807, 2.05) is 0 Å². The molecule has 1 aromatic heterocycles. The van der Waals surface area contributed by atoms with E-state index in [1.54, 1.807) is 43.3 Å². The zero-order valence-corrected chi connectivity index (χ0v) is 15.4. The molecule has 0 saturated carbocycles. The molecule has 0 fully saturated rings. The topological polar surface area (TPSA) is 67.2 Å². The zero-order chi connectivity index (χ0) is 18.0. The number of rotatable bonds is 3. The molecule has 0 aliphatic carbocycles. The number of halogens is 2. The van der Waals surface area contributed by atoms with E-state index in [-0.39, 0.29) is 11.0 Å². The summed E-state index contributed by atoms with van der Waals surface area (Å²) in [6, 6.07) is 10.4. The van der Waals surface area contributed by atoms with Crippen LogP contribution in [0.1, 0.15) is 13.3 Å². The maximum Gasteiger partial charge on any atom is 0.228 e. The number of nitrogens with one attached hydrogen (secondary N) is 2. The molecule has 0 aliphatic heterocycles. The highest BCUT2D eigenvalue weighted by Crippen LogP contribution is 2.32. The minimum atomic E-state index is -0.164. The van der Waals surface area contributed by atoms with Crippen molar-refractivity contribution in [3.8, 4) is 11.5 Å². The number of benzene rings is 2. The summed E-state index contributed by atoms with van der Waals surface area (Å²) in [5, 5.41) is 6.78. The van der Waals surface area contributed by atoms with Gasteiger partial charge in [0, 0.05) is 17.1 Å². The normalized spacial score (nSPS) is 10.7. The molecule has 0 radical (unpaired) electrons. The summed E-state index contributed by atoms with van der Waals surface area (Å²) in [6.45, 7) is 1.75. The van der Waals surface area contributed by atoms with Gasteiger partial charge in [0.15, 0.2) is 10.7 Å². The number of oxazole rings is 1. The molecule has 3 rings (SSSR count). The Bertz CT molecular complexity index is 972. The number of amides is 1. The molecular formula is C17H13Cl2N3O2S. The Hall–Kier alpha value is -2.15. The smallest absolute Gasteiger partial charge is 0.228 e. The van der Waals surface area contributed by atoms with Crippen molar-refractivity contribution in [3.05, 3.63) is 46.4 Å². The number of aromatic nitrogens is 1. The van der Waals surface area contributed by atoms with Crippen molar-refractivity contribution in [2.24, 2.45) is 0 Å². The maximum absolute atomic E-state index is 11.4. The Morgan fingerprint density at radius 3 is 2.80 bits per heavy atom. The molecule has 1 amide bonds. The third-order valence-electron chi connectivity index (χ3n) is 3.38. The molecule has 1 heterocycles. The molecule has 25 heavy (non-hydrogen) atoms. The molecule has 2 aromatic carbocycles. The fourth-order valence-electron chi connectivity index (χ4n) is 2.16. The number of carbonyl (C=O) groups excluding carboxylic acids is 1. The first kappa shape index (κ1) is 17.7. The highest BCUT2D eigenvalue weighted by molar-refractivity contribution is 7.80. The van der Waals surface area contributed by atoms with Crippen LogP contribution >= 0.6 is 35.4 Å². The van der Waals surface area contributed by atoms with Crippen LogP contribution in [0, 0.1) is 0 Å². The van der Waals surface area contributed by atoms with Gasteiger partial charge in [-0.1, -0.05) is 30.1 Å². The van der Waals surface area contributed by atoms with E-state index >= 15 is 0 Å². The van der Waals surface area contributed by atoms with Crippen molar-refractivity contribution < 1.29 is 9.21 Å². The van der Waals surface area contributed by atoms with Gasteiger partial charge in [-0.25, -0.2) is 4.98 Å². The van der Waals surface area contributed by atoms with E-state index in [1.165, 1.54) is 0 Å². The SMILES string of the molecule is CCC(=O)NC(=S)Nc1ccc(Cl)c(-c2nc3cc(Cl)ccc3o2)c1. The number of carbonyl (C=O) groups is 1. The van der Waals surface area contributed by atoms with E-state index in [4.69, 9.17) is 39.8 Å². The quantitative estimate of drug-likeness (QED) is 0.611. The Balaban J connectivity index is 1.90. The highest BCUT2D eigenvalue weighted by Gasteiger charge is 2.13. The third kappa shape index (κ3) is 4.10. The van der Waals surface area contributed by atoms with Crippen LogP contribution in [-0.2, 0) is 4.79 Å². The highest BCUT2D eigenvalue weighted by atomic mass is 35.5. The first-order valence-corrected chi connectivity index (χ1v) is 8.59. The number of nitrogens with zero attached hydrogens (tertiary/aromatic N) is 1. The Kier molecular flexibility index (Phi) is 5.22. The third-order valence-corrected chi connectivity index (χ3v) is 4.15. The van der Waals surface area contributed by atoms with Gasteiger partial charge in [-0.15, -0.1) is 0 Å². The van der Waals surface area contributed by atoms with Crippen LogP contribution in [0.4, 0.5) is 5.69 Å². The van der Waals surface area contributed by atoms with Gasteiger partial charge in [-0.3, -0.25) is 4.79 Å². The molecule has 8 heteroatoms. The molecule has 0 atom stereocenters. The molecule has 0 unspecified atom stereocenters. The summed E-state index contributed by atoms with van der Waals surface area (Å²) < 4.78 is 5.75. The Labute approximate surface area is 159 Å². The van der Waals surface area contributed by atoms with Gasteiger partial charge in [0.05, 0.1) is 10.6 Å². The molecule has 0 saturated heterocycles. The lowest BCUT2D eigenvalue weighted by Gasteiger charge is -2.10. The molecule has 0 bridgehead atoms. The molecule has 128 valence electrons. The standard InChI is InChI=1S/C17H13Cl2N3O2S/c1-2-15(23)22-17(25)20-10-4-5-12(19)11(8-10)16-21-13-7-9(18)3-6-14(13)24-16/h3-8H,2H2,1H3,(H2,20,22,23,25). The van der Waals surface area contributed by atoms with Gasteiger partial charge in [0.2, 0.25) is 11.8 Å². The van der Waals surface area contributed by atoms with E-state index in [0.717, 1.165) is 0 Å². The average Bonchev–Trinajstić information content (AvgIpc) is 2.99. The van der Waals surface area contributed by atoms with Crippen molar-refractivity contribution in [1.82, 2.24) is 10.3 Å². The number of fused-ring (bicyclic) bond motifs is 1. The van der Waals surface area contributed by atoms with Crippen molar-refractivity contribution in [2.45, 2.75) is 13.3 Å². The predicted octanol–water partition coefficient (Wildman–Crippen LogP) is 5.02. The summed E-state index contributed by atoms with van der Waals surface area (Å²) in [5.41, 5.74) is 2.51. The lowest BCUT2D eigenvalue weighted by molar-refractivity contribution is -0.119. The van der Waals surface area contributed by atoms with Gasteiger partial charge in [-0.2, -0.15) is 0 Å². The van der Waals surface area contributed by atoms with Gasteiger partial charge in [-0.05, 0) is 48.6 Å². The summed E-state index contributed by atoms with van der Waals surface area (Å²) in [4.78, 5) is 15.8. The second-order valence-corrected chi connectivity index (χ2v) is 6.43. The zero-order valence-electron chi connectivity index (χ0n) is 13.1. The number of hydrogen-bond acceptors (Lipinski definition) is 4. The van der Waals surface area contributed by atoms with Crippen LogP contribution in [0.3, 0.4) is 0 Å². The fraction of sp³-hybridized carbons (Fsp3) is 0.118. The van der Waals surface area contributed by atoms with Crippen LogP contribution in [0.2, 0.25) is 10.0 Å². The van der Waals surface area contributed by atoms with Crippen molar-refractivity contribution >= 4 is 63.2 Å². The van der Waals surface area contributed by atoms with E-state index in [9.17, 15) is 4.79 Å². The van der Waals surface area contributed by atoms with E-state index < -0.39 is 0 Å². The van der Waals surface area contributed by atoms with Crippen LogP contribution in [0.5, 0.6) is 0 Å². The molecule has 2 N–H and O–H groups in total. The Morgan fingerprint density at radius 1 is 1.24 bits per heavy atom. The van der Waals surface area contributed by atoms with Crippen LogP contribution in [0.25, 0.3) is 22.6 Å². The van der Waals surface area contributed by atoms with Gasteiger partial charge < -0.3 is 15.1 Å². The molecular weight excluding hydrogens is 381 g/mol. The van der Waals surface area contributed by atoms with Crippen LogP contribution < -0.4 is 10.6 Å². The van der Waals surface area contributed by atoms with Gasteiger partial charge in [0.1, 0.15) is 5.52 Å². The van der Waals surface area contributed by atoms with Crippen LogP contribution in [-0.4, -0.2) is 16.0 Å². The molecule has 5 nitrogen and oxygen atoms in total. The monoisotopic (exact) mass is 393 g/mol. The van der Waals surface area contributed by atoms with Gasteiger partial charge in [0.25, 0.3) is 0 Å². The lowest BCUT2D eigenvalue weighted by Crippen LogP contribution is -2.33. The second-order valence-electron chi connectivity index (χ2n) is 5.18. The molecule has 0 spiro atoms. The summed E-state index contributed by atoms with van der Waals surface area (Å²) in [7, 11) is 0. The lowest BCUT2D eigenvalue weighted by atomic mass is 10.2. The minimum absolute atomic E-state index is 0.164. The van der Waals surface area contributed by atoms with Crippen molar-refractivity contribution in [3.63, 3.8) is 0 Å². The molecule has 0 aliphatic rings. The molecule has 3 aromatic rings. The first-order chi connectivity index (χ1) is 12.0. The Morgan fingerprint density at radius 2 is 2.04 bits per heavy atom.